The van der Waals surface area contributed by atoms with Gasteiger partial charge in [0.15, 0.2) is 6.10 Å². The van der Waals surface area contributed by atoms with Gasteiger partial charge in [-0.25, -0.2) is 9.97 Å². The van der Waals surface area contributed by atoms with Crippen LogP contribution in [-0.4, -0.2) is 87.7 Å². The van der Waals surface area contributed by atoms with E-state index in [1.165, 1.54) is 0 Å². The lowest BCUT2D eigenvalue weighted by atomic mass is 9.81. The van der Waals surface area contributed by atoms with Crippen molar-refractivity contribution in [2.24, 2.45) is 5.92 Å². The standard InChI is InChI=1S/C21H35BN4O5/c1-14(2)26(12-15-7-8-25(11-15)18(29)17(28)13-27)19-23-9-16(10-24-19)22-30-20(3,4)21(5,6)31-22/h9-10,14-15,17,27-28H,7-8,11-13H2,1-6H3/t15-,17-/m1/s1. The summed E-state index contributed by atoms with van der Waals surface area (Å²) in [5, 5.41) is 18.6. The monoisotopic (exact) mass is 434 g/mol. The number of hydrogen-bond donors (Lipinski definition) is 2. The number of aromatic nitrogens is 2. The largest absolute Gasteiger partial charge is 0.498 e. The van der Waals surface area contributed by atoms with Gasteiger partial charge in [0.25, 0.3) is 5.91 Å². The molecule has 1 aromatic heterocycles. The number of carbonyl (C=O) groups excluding carboxylic acids is 1. The van der Waals surface area contributed by atoms with Crippen LogP contribution in [0.1, 0.15) is 48.0 Å². The van der Waals surface area contributed by atoms with Crippen LogP contribution in [-0.2, 0) is 14.1 Å². The Morgan fingerprint density at radius 3 is 2.35 bits per heavy atom. The topological polar surface area (TPSA) is 108 Å². The molecule has 0 bridgehead atoms. The normalized spacial score (nSPS) is 23.5. The first-order valence-electron chi connectivity index (χ1n) is 11.0. The molecular formula is C21H35BN4O5. The van der Waals surface area contributed by atoms with E-state index in [0.717, 1.165) is 11.9 Å². The first-order valence-corrected chi connectivity index (χ1v) is 11.0. The molecule has 2 fully saturated rings. The Morgan fingerprint density at radius 1 is 1.26 bits per heavy atom. The predicted molar refractivity (Wildman–Crippen MR) is 118 cm³/mol. The third kappa shape index (κ3) is 5.03. The number of rotatable bonds is 7. The fourth-order valence-corrected chi connectivity index (χ4v) is 3.85. The summed E-state index contributed by atoms with van der Waals surface area (Å²) >= 11 is 0. The van der Waals surface area contributed by atoms with Crippen molar-refractivity contribution >= 4 is 24.4 Å². The van der Waals surface area contributed by atoms with Gasteiger partial charge in [0, 0.05) is 43.5 Å². The van der Waals surface area contributed by atoms with Gasteiger partial charge in [0.1, 0.15) is 0 Å². The minimum atomic E-state index is -1.34. The van der Waals surface area contributed by atoms with Crippen LogP contribution in [0, 0.1) is 5.92 Å². The second-order valence-corrected chi connectivity index (χ2v) is 9.79. The van der Waals surface area contributed by atoms with E-state index in [4.69, 9.17) is 14.4 Å². The van der Waals surface area contributed by atoms with E-state index in [-0.39, 0.29) is 12.0 Å². The van der Waals surface area contributed by atoms with Gasteiger partial charge in [-0.1, -0.05) is 0 Å². The predicted octanol–water partition coefficient (Wildman–Crippen LogP) is 0.192. The zero-order valence-corrected chi connectivity index (χ0v) is 19.4. The molecule has 2 saturated heterocycles. The van der Waals surface area contributed by atoms with Crippen molar-refractivity contribution in [2.75, 3.05) is 31.1 Å². The van der Waals surface area contributed by atoms with Crippen LogP contribution < -0.4 is 10.4 Å². The number of likely N-dealkylation sites (tertiary alicyclic amines) is 1. The lowest BCUT2D eigenvalue weighted by Crippen LogP contribution is -2.41. The fourth-order valence-electron chi connectivity index (χ4n) is 3.85. The maximum absolute atomic E-state index is 12.1. The van der Waals surface area contributed by atoms with Gasteiger partial charge in [-0.15, -0.1) is 0 Å². The van der Waals surface area contributed by atoms with Crippen LogP contribution >= 0.6 is 0 Å². The lowest BCUT2D eigenvalue weighted by molar-refractivity contribution is -0.141. The highest BCUT2D eigenvalue weighted by molar-refractivity contribution is 6.61. The van der Waals surface area contributed by atoms with Crippen LogP contribution in [0.5, 0.6) is 0 Å². The number of amides is 1. The first kappa shape index (κ1) is 23.9. The molecule has 0 spiro atoms. The van der Waals surface area contributed by atoms with Gasteiger partial charge in [-0.2, -0.15) is 0 Å². The van der Waals surface area contributed by atoms with Crippen LogP contribution in [0.4, 0.5) is 5.95 Å². The van der Waals surface area contributed by atoms with Gasteiger partial charge in [0.05, 0.1) is 17.8 Å². The molecule has 3 heterocycles. The molecule has 0 unspecified atom stereocenters. The minimum absolute atomic E-state index is 0.176. The number of aliphatic hydroxyl groups is 2. The molecule has 172 valence electrons. The highest BCUT2D eigenvalue weighted by Crippen LogP contribution is 2.36. The van der Waals surface area contributed by atoms with Crippen molar-refractivity contribution in [3.8, 4) is 0 Å². The summed E-state index contributed by atoms with van der Waals surface area (Å²) in [6.07, 6.45) is 2.99. The SMILES string of the molecule is CC(C)N(C[C@@H]1CCN(C(=O)[C@H](O)CO)C1)c1ncc(B2OC(C)(C)C(C)(C)O2)cn1. The Labute approximate surface area is 184 Å². The van der Waals surface area contributed by atoms with Gasteiger partial charge >= 0.3 is 7.12 Å². The second-order valence-electron chi connectivity index (χ2n) is 9.79. The lowest BCUT2D eigenvalue weighted by Gasteiger charge is -2.32. The summed E-state index contributed by atoms with van der Waals surface area (Å²) < 4.78 is 12.2. The van der Waals surface area contributed by atoms with E-state index in [0.29, 0.717) is 25.6 Å². The van der Waals surface area contributed by atoms with E-state index in [1.807, 2.05) is 27.7 Å². The van der Waals surface area contributed by atoms with Crippen molar-refractivity contribution in [1.82, 2.24) is 14.9 Å². The number of nitrogens with zero attached hydrogens (tertiary/aromatic N) is 4. The fraction of sp³-hybridized carbons (Fsp3) is 0.762. The van der Waals surface area contributed by atoms with Crippen LogP contribution in [0.2, 0.25) is 0 Å². The molecule has 10 heteroatoms. The van der Waals surface area contributed by atoms with E-state index in [9.17, 15) is 9.90 Å². The Morgan fingerprint density at radius 2 is 1.84 bits per heavy atom. The van der Waals surface area contributed by atoms with Gasteiger partial charge in [0.2, 0.25) is 5.95 Å². The first-order chi connectivity index (χ1) is 14.4. The molecule has 2 aliphatic rings. The smallest absolute Gasteiger partial charge is 0.399 e. The Balaban J connectivity index is 1.66. The molecule has 0 radical (unpaired) electrons. The third-order valence-electron chi connectivity index (χ3n) is 6.57. The molecule has 2 N–H and O–H groups in total. The Kier molecular flexibility index (Phi) is 6.95. The van der Waals surface area contributed by atoms with Crippen LogP contribution in [0.15, 0.2) is 12.4 Å². The van der Waals surface area contributed by atoms with E-state index >= 15 is 0 Å². The molecule has 9 nitrogen and oxygen atoms in total. The van der Waals surface area contributed by atoms with Gasteiger partial charge in [-0.05, 0) is 53.9 Å². The van der Waals surface area contributed by atoms with Crippen molar-refractivity contribution in [1.29, 1.82) is 0 Å². The zero-order valence-electron chi connectivity index (χ0n) is 19.4. The van der Waals surface area contributed by atoms with E-state index in [2.05, 4.69) is 28.7 Å². The summed E-state index contributed by atoms with van der Waals surface area (Å²) in [6.45, 7) is 13.5. The number of aliphatic hydroxyl groups excluding tert-OH is 2. The maximum atomic E-state index is 12.1. The number of anilines is 1. The molecule has 31 heavy (non-hydrogen) atoms. The second kappa shape index (κ2) is 9.01. The van der Waals surface area contributed by atoms with Crippen molar-refractivity contribution in [3.05, 3.63) is 12.4 Å². The highest BCUT2D eigenvalue weighted by Gasteiger charge is 2.52. The maximum Gasteiger partial charge on any atom is 0.498 e. The van der Waals surface area contributed by atoms with Gasteiger partial charge < -0.3 is 29.3 Å². The van der Waals surface area contributed by atoms with Crippen molar-refractivity contribution < 1.29 is 24.3 Å². The molecule has 3 rings (SSSR count). The van der Waals surface area contributed by atoms with Gasteiger partial charge in [-0.3, -0.25) is 4.79 Å². The average Bonchev–Trinajstić information content (AvgIpc) is 3.26. The molecule has 0 saturated carbocycles. The molecule has 2 atom stereocenters. The summed E-state index contributed by atoms with van der Waals surface area (Å²) in [6, 6.07) is 0.176. The number of carbonyl (C=O) groups is 1. The van der Waals surface area contributed by atoms with Crippen molar-refractivity contribution in [2.45, 2.75) is 71.3 Å². The Bertz CT molecular complexity index is 758. The molecule has 0 aliphatic carbocycles. The molecule has 2 aliphatic heterocycles. The van der Waals surface area contributed by atoms with Crippen molar-refractivity contribution in [3.63, 3.8) is 0 Å². The average molecular weight is 434 g/mol. The quantitative estimate of drug-likeness (QED) is 0.586. The summed E-state index contributed by atoms with van der Waals surface area (Å²) in [5.41, 5.74) is -0.0625. The summed E-state index contributed by atoms with van der Waals surface area (Å²) in [7, 11) is -0.501. The minimum Gasteiger partial charge on any atom is -0.399 e. The molecular weight excluding hydrogens is 399 g/mol. The molecule has 1 aromatic rings. The van der Waals surface area contributed by atoms with Crippen LogP contribution in [0.25, 0.3) is 0 Å². The highest BCUT2D eigenvalue weighted by atomic mass is 16.7. The van der Waals surface area contributed by atoms with E-state index in [1.54, 1.807) is 17.3 Å². The van der Waals surface area contributed by atoms with Crippen LogP contribution in [0.3, 0.4) is 0 Å². The summed E-state index contributed by atoms with van der Waals surface area (Å²) in [5.74, 6) is 0.447. The molecule has 0 aromatic carbocycles. The summed E-state index contributed by atoms with van der Waals surface area (Å²) in [4.78, 5) is 25.0. The third-order valence-corrected chi connectivity index (χ3v) is 6.57. The number of hydrogen-bond acceptors (Lipinski definition) is 8. The zero-order chi connectivity index (χ0) is 23.0. The molecule has 1 amide bonds. The Hall–Kier alpha value is -1.75. The van der Waals surface area contributed by atoms with E-state index < -0.39 is 36.9 Å².